The maximum atomic E-state index is 13.2. The smallest absolute Gasteiger partial charge is 0.306 e. The lowest BCUT2D eigenvalue weighted by Crippen LogP contribution is -2.25. The molecule has 1 heterocycles. The topological polar surface area (TPSA) is 92.6 Å². The second-order valence-corrected chi connectivity index (χ2v) is 4.59. The Labute approximate surface area is 113 Å². The van der Waals surface area contributed by atoms with E-state index >= 15 is 0 Å². The van der Waals surface area contributed by atoms with Gasteiger partial charge in [-0.25, -0.2) is 0 Å². The average Bonchev–Trinajstić information content (AvgIpc) is 2.72. The highest BCUT2D eigenvalue weighted by Gasteiger charge is 2.32. The monoisotopic (exact) mass is 281 g/mol. The summed E-state index contributed by atoms with van der Waals surface area (Å²) >= 11 is 0. The van der Waals surface area contributed by atoms with Crippen LogP contribution in [0.4, 0.5) is 15.8 Å². The molecule has 0 radical (unpaired) electrons. The van der Waals surface area contributed by atoms with E-state index in [1.807, 2.05) is 0 Å². The van der Waals surface area contributed by atoms with Crippen LogP contribution in [0, 0.1) is 21.8 Å². The van der Waals surface area contributed by atoms with Crippen LogP contribution in [0.25, 0.3) is 0 Å². The fourth-order valence-electron chi connectivity index (χ4n) is 2.01. The summed E-state index contributed by atoms with van der Waals surface area (Å²) < 4.78 is 13.2. The number of carbonyl (C=O) groups is 2. The van der Waals surface area contributed by atoms with Crippen molar-refractivity contribution in [3.8, 4) is 0 Å². The largest absolute Gasteiger partial charge is 0.345 e. The van der Waals surface area contributed by atoms with E-state index in [0.717, 1.165) is 12.1 Å². The first-order valence-electron chi connectivity index (χ1n) is 5.87. The normalized spacial score (nSPS) is 18.2. The van der Waals surface area contributed by atoms with E-state index in [2.05, 4.69) is 5.32 Å². The minimum Gasteiger partial charge on any atom is -0.345 e. The number of likely N-dealkylation sites (tertiary alicyclic amines) is 1. The van der Waals surface area contributed by atoms with Crippen LogP contribution in [-0.4, -0.2) is 35.2 Å². The summed E-state index contributed by atoms with van der Waals surface area (Å²) in [6.45, 7) is 0.300. The molecule has 1 unspecified atom stereocenters. The van der Waals surface area contributed by atoms with E-state index in [-0.39, 0.29) is 18.0 Å². The molecule has 106 valence electrons. The molecule has 1 aromatic carbocycles. The lowest BCUT2D eigenvalue weighted by molar-refractivity contribution is -0.387. The molecule has 1 aliphatic heterocycles. The Morgan fingerprint density at radius 3 is 2.80 bits per heavy atom. The molecule has 0 aromatic heterocycles. The first kappa shape index (κ1) is 13.9. The molecular weight excluding hydrogens is 269 g/mol. The Balaban J connectivity index is 2.11. The van der Waals surface area contributed by atoms with Gasteiger partial charge in [0.2, 0.25) is 17.6 Å². The Bertz CT molecular complexity index is 590. The Hall–Kier alpha value is -2.51. The second-order valence-electron chi connectivity index (χ2n) is 4.59. The zero-order valence-electron chi connectivity index (χ0n) is 10.6. The van der Waals surface area contributed by atoms with E-state index in [1.54, 1.807) is 7.05 Å². The molecule has 1 N–H and O–H groups in total. The first-order valence-corrected chi connectivity index (χ1v) is 5.87. The second kappa shape index (κ2) is 5.24. The number of rotatable bonds is 3. The Morgan fingerprint density at radius 1 is 1.55 bits per heavy atom. The van der Waals surface area contributed by atoms with E-state index in [1.165, 1.54) is 11.0 Å². The molecule has 1 aliphatic rings. The molecule has 8 heteroatoms. The number of nitro benzene ring substituents is 1. The van der Waals surface area contributed by atoms with Crippen LogP contribution in [0.5, 0.6) is 0 Å². The van der Waals surface area contributed by atoms with Crippen molar-refractivity contribution < 1.29 is 18.9 Å². The highest BCUT2D eigenvalue weighted by Crippen LogP contribution is 2.23. The predicted octanol–water partition coefficient (Wildman–Crippen LogP) is 1.15. The van der Waals surface area contributed by atoms with Crippen molar-refractivity contribution in [1.82, 2.24) is 4.90 Å². The molecule has 1 aromatic rings. The van der Waals surface area contributed by atoms with Gasteiger partial charge in [0.15, 0.2) is 0 Å². The number of nitrogens with zero attached hydrogens (tertiary/aromatic N) is 2. The molecule has 0 spiro atoms. The van der Waals surface area contributed by atoms with Gasteiger partial charge in [-0.15, -0.1) is 0 Å². The predicted molar refractivity (Wildman–Crippen MR) is 67.4 cm³/mol. The standard InChI is InChI=1S/C12H12FN3O4/c1-15-6-7(4-11(15)17)12(18)14-8-2-3-9(13)10(5-8)16(19)20/h2-3,5,7H,4,6H2,1H3,(H,14,18). The lowest BCUT2D eigenvalue weighted by Gasteiger charge is -2.11. The average molecular weight is 281 g/mol. The van der Waals surface area contributed by atoms with Gasteiger partial charge in [0.25, 0.3) is 0 Å². The molecule has 20 heavy (non-hydrogen) atoms. The quantitative estimate of drug-likeness (QED) is 0.664. The van der Waals surface area contributed by atoms with Crippen molar-refractivity contribution in [3.63, 3.8) is 0 Å². The number of anilines is 1. The van der Waals surface area contributed by atoms with Crippen molar-refractivity contribution in [1.29, 1.82) is 0 Å². The number of hydrogen-bond acceptors (Lipinski definition) is 4. The third kappa shape index (κ3) is 2.73. The number of nitro groups is 1. The summed E-state index contributed by atoms with van der Waals surface area (Å²) in [4.78, 5) is 34.4. The van der Waals surface area contributed by atoms with Gasteiger partial charge in [-0.1, -0.05) is 0 Å². The highest BCUT2D eigenvalue weighted by molar-refractivity contribution is 5.97. The van der Waals surface area contributed by atoms with Crippen molar-refractivity contribution in [2.75, 3.05) is 18.9 Å². The van der Waals surface area contributed by atoms with E-state index in [4.69, 9.17) is 0 Å². The number of benzene rings is 1. The molecule has 2 rings (SSSR count). The summed E-state index contributed by atoms with van der Waals surface area (Å²) in [7, 11) is 1.60. The van der Waals surface area contributed by atoms with E-state index in [0.29, 0.717) is 6.54 Å². The van der Waals surface area contributed by atoms with Gasteiger partial charge in [-0.3, -0.25) is 19.7 Å². The van der Waals surface area contributed by atoms with Crippen LogP contribution < -0.4 is 5.32 Å². The maximum absolute atomic E-state index is 13.2. The Morgan fingerprint density at radius 2 is 2.25 bits per heavy atom. The van der Waals surface area contributed by atoms with E-state index in [9.17, 15) is 24.1 Å². The molecule has 0 bridgehead atoms. The van der Waals surface area contributed by atoms with Crippen LogP contribution in [0.1, 0.15) is 6.42 Å². The number of nitrogens with one attached hydrogen (secondary N) is 1. The molecule has 1 fully saturated rings. The number of hydrogen-bond donors (Lipinski definition) is 1. The van der Waals surface area contributed by atoms with Crippen molar-refractivity contribution >= 4 is 23.2 Å². The van der Waals surface area contributed by atoms with Crippen LogP contribution in [0.3, 0.4) is 0 Å². The van der Waals surface area contributed by atoms with Gasteiger partial charge in [0, 0.05) is 31.8 Å². The molecular formula is C12H12FN3O4. The lowest BCUT2D eigenvalue weighted by atomic mass is 10.1. The van der Waals surface area contributed by atoms with Gasteiger partial charge >= 0.3 is 5.69 Å². The van der Waals surface area contributed by atoms with Crippen molar-refractivity contribution in [2.45, 2.75) is 6.42 Å². The van der Waals surface area contributed by atoms with Crippen molar-refractivity contribution in [3.05, 3.63) is 34.1 Å². The molecule has 1 saturated heterocycles. The van der Waals surface area contributed by atoms with Crippen LogP contribution in [-0.2, 0) is 9.59 Å². The van der Waals surface area contributed by atoms with E-state index < -0.39 is 28.3 Å². The fraction of sp³-hybridized carbons (Fsp3) is 0.333. The Kier molecular flexibility index (Phi) is 3.64. The summed E-state index contributed by atoms with van der Waals surface area (Å²) in [5.41, 5.74) is -0.576. The SMILES string of the molecule is CN1CC(C(=O)Nc2ccc(F)c([N+](=O)[O-])c2)CC1=O. The third-order valence-electron chi connectivity index (χ3n) is 3.12. The molecule has 0 aliphatic carbocycles. The highest BCUT2D eigenvalue weighted by atomic mass is 19.1. The van der Waals surface area contributed by atoms with Crippen LogP contribution in [0.15, 0.2) is 18.2 Å². The first-order chi connectivity index (χ1) is 9.38. The number of halogens is 1. The summed E-state index contributed by atoms with van der Waals surface area (Å²) in [6.07, 6.45) is 0.103. The summed E-state index contributed by atoms with van der Waals surface area (Å²) in [6, 6.07) is 3.11. The molecule has 1 atom stereocenters. The number of amides is 2. The van der Waals surface area contributed by atoms with Gasteiger partial charge in [0.1, 0.15) is 0 Å². The van der Waals surface area contributed by atoms with Gasteiger partial charge in [-0.2, -0.15) is 4.39 Å². The third-order valence-corrected chi connectivity index (χ3v) is 3.12. The maximum Gasteiger partial charge on any atom is 0.306 e. The van der Waals surface area contributed by atoms with Gasteiger partial charge < -0.3 is 10.2 Å². The fourth-order valence-corrected chi connectivity index (χ4v) is 2.01. The zero-order valence-corrected chi connectivity index (χ0v) is 10.6. The summed E-state index contributed by atoms with van der Waals surface area (Å²) in [5.74, 6) is -2.01. The van der Waals surface area contributed by atoms with Crippen molar-refractivity contribution in [2.24, 2.45) is 5.92 Å². The molecule has 0 saturated carbocycles. The van der Waals surface area contributed by atoms with Crippen LogP contribution in [0.2, 0.25) is 0 Å². The zero-order chi connectivity index (χ0) is 14.9. The van der Waals surface area contributed by atoms with Gasteiger partial charge in [0.05, 0.1) is 10.8 Å². The minimum atomic E-state index is -0.969. The minimum absolute atomic E-state index is 0.103. The van der Waals surface area contributed by atoms with Gasteiger partial charge in [-0.05, 0) is 12.1 Å². The molecule has 7 nitrogen and oxygen atoms in total. The molecule has 2 amide bonds. The summed E-state index contributed by atoms with van der Waals surface area (Å²) in [5, 5.41) is 13.1. The number of carbonyl (C=O) groups excluding carboxylic acids is 2. The van der Waals surface area contributed by atoms with Crippen LogP contribution >= 0.6 is 0 Å².